The van der Waals surface area contributed by atoms with Crippen LogP contribution in [0.2, 0.25) is 0 Å². The molecule has 1 aromatic carbocycles. The second-order valence-corrected chi connectivity index (χ2v) is 6.28. The molecule has 23 heavy (non-hydrogen) atoms. The molecule has 1 aliphatic rings. The van der Waals surface area contributed by atoms with Gasteiger partial charge in [-0.2, -0.15) is 0 Å². The number of hydrogen-bond acceptors (Lipinski definition) is 3. The molecule has 126 valence electrons. The lowest BCUT2D eigenvalue weighted by Crippen LogP contribution is -2.53. The minimum absolute atomic E-state index is 0.00972. The van der Waals surface area contributed by atoms with Crippen molar-refractivity contribution in [1.29, 1.82) is 0 Å². The van der Waals surface area contributed by atoms with Crippen LogP contribution in [0, 0.1) is 12.8 Å². The van der Waals surface area contributed by atoms with Crippen molar-refractivity contribution < 1.29 is 14.7 Å². The van der Waals surface area contributed by atoms with Crippen molar-refractivity contribution in [2.75, 3.05) is 6.54 Å². The molecular weight excluding hydrogens is 292 g/mol. The number of carbonyl (C=O) groups is 2. The highest BCUT2D eigenvalue weighted by Crippen LogP contribution is 2.29. The minimum Gasteiger partial charge on any atom is -0.391 e. The Morgan fingerprint density at radius 3 is 2.52 bits per heavy atom. The van der Waals surface area contributed by atoms with Gasteiger partial charge in [0.05, 0.1) is 6.10 Å². The number of likely N-dealkylation sites (N-methyl/N-ethyl adjacent to an activating group) is 1. The molecule has 0 spiro atoms. The molecule has 1 fully saturated rings. The molecule has 1 aromatic rings. The Kier molecular flexibility index (Phi) is 5.77. The van der Waals surface area contributed by atoms with E-state index in [4.69, 9.17) is 0 Å². The summed E-state index contributed by atoms with van der Waals surface area (Å²) in [6.45, 7) is 6.45. The first-order valence-corrected chi connectivity index (χ1v) is 8.25. The molecule has 1 aliphatic carbocycles. The van der Waals surface area contributed by atoms with Gasteiger partial charge in [-0.05, 0) is 44.7 Å². The monoisotopic (exact) mass is 318 g/mol. The summed E-state index contributed by atoms with van der Waals surface area (Å²) in [6.07, 6.45) is 0.816. The van der Waals surface area contributed by atoms with Crippen LogP contribution in [0.4, 0.5) is 0 Å². The first-order chi connectivity index (χ1) is 10.9. The second kappa shape index (κ2) is 7.59. The number of nitrogens with zero attached hydrogens (tertiary/aromatic N) is 1. The molecule has 0 saturated heterocycles. The van der Waals surface area contributed by atoms with Crippen molar-refractivity contribution in [2.45, 2.75) is 52.3 Å². The topological polar surface area (TPSA) is 69.6 Å². The molecule has 0 aliphatic heterocycles. The van der Waals surface area contributed by atoms with Crippen molar-refractivity contribution in [3.8, 4) is 0 Å². The first kappa shape index (κ1) is 17.5. The van der Waals surface area contributed by atoms with Crippen LogP contribution < -0.4 is 5.32 Å². The van der Waals surface area contributed by atoms with Gasteiger partial charge in [-0.15, -0.1) is 0 Å². The number of rotatable bonds is 7. The molecule has 0 bridgehead atoms. The van der Waals surface area contributed by atoms with Gasteiger partial charge in [0.1, 0.15) is 6.04 Å². The molecule has 0 heterocycles. The predicted molar refractivity (Wildman–Crippen MR) is 88.6 cm³/mol. The number of benzene rings is 1. The summed E-state index contributed by atoms with van der Waals surface area (Å²) in [5, 5.41) is 12.6. The summed E-state index contributed by atoms with van der Waals surface area (Å²) in [4.78, 5) is 26.4. The third-order valence-corrected chi connectivity index (χ3v) is 4.31. The summed E-state index contributed by atoms with van der Waals surface area (Å²) in [5.41, 5.74) is 2.19. The molecule has 0 radical (unpaired) electrons. The molecule has 2 N–H and O–H groups in total. The molecule has 2 rings (SSSR count). The summed E-state index contributed by atoms with van der Waals surface area (Å²) < 4.78 is 0. The lowest BCUT2D eigenvalue weighted by Gasteiger charge is -2.29. The Morgan fingerprint density at radius 1 is 1.35 bits per heavy atom. The fourth-order valence-corrected chi connectivity index (χ4v) is 2.54. The number of carbonyl (C=O) groups excluding carboxylic acids is 2. The van der Waals surface area contributed by atoms with Crippen LogP contribution >= 0.6 is 0 Å². The van der Waals surface area contributed by atoms with E-state index < -0.39 is 12.1 Å². The number of nitrogens with one attached hydrogen (secondary N) is 1. The number of hydrogen-bond donors (Lipinski definition) is 2. The Morgan fingerprint density at radius 2 is 2.00 bits per heavy atom. The van der Waals surface area contributed by atoms with Gasteiger partial charge in [-0.3, -0.25) is 9.59 Å². The second-order valence-electron chi connectivity index (χ2n) is 6.28. The molecule has 0 aromatic heterocycles. The van der Waals surface area contributed by atoms with E-state index in [0.717, 1.165) is 24.0 Å². The summed E-state index contributed by atoms with van der Waals surface area (Å²) in [6, 6.07) is 7.03. The van der Waals surface area contributed by atoms with Crippen LogP contribution in [0.5, 0.6) is 0 Å². The van der Waals surface area contributed by atoms with Crippen molar-refractivity contribution in [1.82, 2.24) is 10.2 Å². The minimum atomic E-state index is -0.920. The van der Waals surface area contributed by atoms with Crippen LogP contribution in [0.1, 0.15) is 37.8 Å². The van der Waals surface area contributed by atoms with Gasteiger partial charge in [0.2, 0.25) is 11.8 Å². The molecular formula is C18H26N2O3. The largest absolute Gasteiger partial charge is 0.391 e. The highest BCUT2D eigenvalue weighted by molar-refractivity contribution is 5.89. The standard InChI is InChI=1S/C18H26N2O3/c1-4-20(11-15-8-6-5-7-12(15)2)18(23)16(13(3)21)19-17(22)14-9-10-14/h5-8,13-14,16,21H,4,9-11H2,1-3H3,(H,19,22). The van der Waals surface area contributed by atoms with Crippen LogP contribution in [0.15, 0.2) is 24.3 Å². The van der Waals surface area contributed by atoms with Gasteiger partial charge in [0.15, 0.2) is 0 Å². The summed E-state index contributed by atoms with van der Waals surface area (Å²) in [5.74, 6) is -0.355. The lowest BCUT2D eigenvalue weighted by atomic mass is 10.1. The smallest absolute Gasteiger partial charge is 0.248 e. The molecule has 5 nitrogen and oxygen atoms in total. The van der Waals surface area contributed by atoms with E-state index >= 15 is 0 Å². The third kappa shape index (κ3) is 4.55. The van der Waals surface area contributed by atoms with Gasteiger partial charge in [-0.1, -0.05) is 24.3 Å². The SMILES string of the molecule is CCN(Cc1ccccc1C)C(=O)C(NC(=O)C1CC1)C(C)O. The lowest BCUT2D eigenvalue weighted by molar-refractivity contribution is -0.140. The third-order valence-electron chi connectivity index (χ3n) is 4.31. The summed E-state index contributed by atoms with van der Waals surface area (Å²) >= 11 is 0. The van der Waals surface area contributed by atoms with Crippen molar-refractivity contribution in [3.05, 3.63) is 35.4 Å². The highest BCUT2D eigenvalue weighted by Gasteiger charge is 2.35. The van der Waals surface area contributed by atoms with Gasteiger partial charge >= 0.3 is 0 Å². The van der Waals surface area contributed by atoms with Crippen LogP contribution in [-0.4, -0.2) is 40.5 Å². The van der Waals surface area contributed by atoms with Crippen LogP contribution in [0.25, 0.3) is 0 Å². The fraction of sp³-hybridized carbons (Fsp3) is 0.556. The molecule has 2 unspecified atom stereocenters. The maximum Gasteiger partial charge on any atom is 0.248 e. The molecule has 5 heteroatoms. The zero-order valence-electron chi connectivity index (χ0n) is 14.1. The maximum absolute atomic E-state index is 12.8. The molecule has 2 atom stereocenters. The van der Waals surface area contributed by atoms with Gasteiger partial charge in [0.25, 0.3) is 0 Å². The normalized spacial score (nSPS) is 16.5. The average molecular weight is 318 g/mol. The number of aryl methyl sites for hydroxylation is 1. The number of aliphatic hydroxyl groups excluding tert-OH is 1. The van der Waals surface area contributed by atoms with Crippen molar-refractivity contribution in [2.24, 2.45) is 5.92 Å². The maximum atomic E-state index is 12.8. The highest BCUT2D eigenvalue weighted by atomic mass is 16.3. The van der Waals surface area contributed by atoms with E-state index in [0.29, 0.717) is 13.1 Å². The zero-order chi connectivity index (χ0) is 17.0. The Hall–Kier alpha value is -1.88. The number of aliphatic hydroxyl groups is 1. The average Bonchev–Trinajstić information content (AvgIpc) is 3.35. The van der Waals surface area contributed by atoms with E-state index in [1.54, 1.807) is 4.90 Å². The van der Waals surface area contributed by atoms with Gasteiger partial charge in [-0.25, -0.2) is 0 Å². The van der Waals surface area contributed by atoms with E-state index in [1.807, 2.05) is 38.1 Å². The first-order valence-electron chi connectivity index (χ1n) is 8.25. The van der Waals surface area contributed by atoms with Crippen molar-refractivity contribution >= 4 is 11.8 Å². The van der Waals surface area contributed by atoms with E-state index in [2.05, 4.69) is 5.32 Å². The molecule has 1 saturated carbocycles. The van der Waals surface area contributed by atoms with Crippen LogP contribution in [0.3, 0.4) is 0 Å². The Labute approximate surface area is 137 Å². The van der Waals surface area contributed by atoms with Crippen molar-refractivity contribution in [3.63, 3.8) is 0 Å². The molecule has 2 amide bonds. The predicted octanol–water partition coefficient (Wildman–Crippen LogP) is 1.62. The Balaban J connectivity index is 2.08. The van der Waals surface area contributed by atoms with E-state index in [-0.39, 0.29) is 17.7 Å². The van der Waals surface area contributed by atoms with Gasteiger partial charge in [0, 0.05) is 19.0 Å². The van der Waals surface area contributed by atoms with Crippen LogP contribution in [-0.2, 0) is 16.1 Å². The fourth-order valence-electron chi connectivity index (χ4n) is 2.54. The Bertz CT molecular complexity index is 567. The van der Waals surface area contributed by atoms with E-state index in [9.17, 15) is 14.7 Å². The zero-order valence-corrected chi connectivity index (χ0v) is 14.1. The quantitative estimate of drug-likeness (QED) is 0.802. The summed E-state index contributed by atoms with van der Waals surface area (Å²) in [7, 11) is 0. The van der Waals surface area contributed by atoms with E-state index in [1.165, 1.54) is 6.92 Å². The number of amides is 2. The van der Waals surface area contributed by atoms with Gasteiger partial charge < -0.3 is 15.3 Å².